The molecular weight excluding hydrogens is 441 g/mol. The van der Waals surface area contributed by atoms with Crippen molar-refractivity contribution in [2.75, 3.05) is 24.6 Å². The Morgan fingerprint density at radius 3 is 2.77 bits per heavy atom. The summed E-state index contributed by atoms with van der Waals surface area (Å²) in [5.41, 5.74) is 7.54. The van der Waals surface area contributed by atoms with E-state index in [1.54, 1.807) is 6.07 Å². The van der Waals surface area contributed by atoms with Crippen molar-refractivity contribution < 1.29 is 4.74 Å². The standard InChI is InChI=1S/C21H23Cl2N5OS/c1-13-19(24)21(11-29-13)5-7-27(8-6-21)20-15-9-25-12-28(15)17(10-26-20)30-16-4-2-3-14(22)18(16)23/h2-4,9-10,12-13,19H,5-8,11,24H2,1H3/t13-,19?/m0/s1. The van der Waals surface area contributed by atoms with E-state index in [9.17, 15) is 0 Å². The van der Waals surface area contributed by atoms with Crippen molar-refractivity contribution >= 4 is 46.3 Å². The van der Waals surface area contributed by atoms with E-state index < -0.39 is 0 Å². The summed E-state index contributed by atoms with van der Waals surface area (Å²) in [6, 6.07) is 5.73. The van der Waals surface area contributed by atoms with E-state index in [-0.39, 0.29) is 17.6 Å². The second kappa shape index (κ2) is 7.88. The van der Waals surface area contributed by atoms with Crippen LogP contribution in [0, 0.1) is 5.41 Å². The minimum absolute atomic E-state index is 0.0889. The van der Waals surface area contributed by atoms with Gasteiger partial charge < -0.3 is 15.4 Å². The number of hydrogen-bond donors (Lipinski definition) is 1. The molecule has 1 unspecified atom stereocenters. The predicted octanol–water partition coefficient (Wildman–Crippen LogP) is 4.52. The molecule has 2 fully saturated rings. The second-order valence-corrected chi connectivity index (χ2v) is 9.96. The number of fused-ring (bicyclic) bond motifs is 1. The highest BCUT2D eigenvalue weighted by Gasteiger charge is 2.47. The summed E-state index contributed by atoms with van der Waals surface area (Å²) in [5, 5.41) is 2.02. The van der Waals surface area contributed by atoms with Gasteiger partial charge in [-0.2, -0.15) is 0 Å². The van der Waals surface area contributed by atoms with Crippen LogP contribution in [0.2, 0.25) is 10.0 Å². The zero-order chi connectivity index (χ0) is 20.9. The largest absolute Gasteiger partial charge is 0.376 e. The van der Waals surface area contributed by atoms with Gasteiger partial charge in [-0.05, 0) is 31.9 Å². The summed E-state index contributed by atoms with van der Waals surface area (Å²) >= 11 is 14.1. The molecule has 9 heteroatoms. The molecule has 2 saturated heterocycles. The summed E-state index contributed by atoms with van der Waals surface area (Å²) in [6.45, 7) is 4.65. The number of hydrogen-bond acceptors (Lipinski definition) is 6. The minimum Gasteiger partial charge on any atom is -0.376 e. The molecule has 5 rings (SSSR count). The number of aromatic nitrogens is 3. The summed E-state index contributed by atoms with van der Waals surface area (Å²) < 4.78 is 7.91. The Morgan fingerprint density at radius 1 is 1.23 bits per heavy atom. The van der Waals surface area contributed by atoms with E-state index >= 15 is 0 Å². The van der Waals surface area contributed by atoms with E-state index in [4.69, 9.17) is 38.7 Å². The first-order valence-corrected chi connectivity index (χ1v) is 11.6. The highest BCUT2D eigenvalue weighted by atomic mass is 35.5. The maximum atomic E-state index is 6.47. The fourth-order valence-corrected chi connectivity index (χ4v) is 5.91. The smallest absolute Gasteiger partial charge is 0.154 e. The molecule has 0 amide bonds. The summed E-state index contributed by atoms with van der Waals surface area (Å²) in [6.07, 6.45) is 7.70. The first-order valence-electron chi connectivity index (χ1n) is 10.0. The van der Waals surface area contributed by atoms with Crippen LogP contribution >= 0.6 is 35.0 Å². The SMILES string of the molecule is C[C@@H]1OCC2(CCN(c3ncc(Sc4cccc(Cl)c4Cl)n4cncc34)CC2)C1N. The predicted molar refractivity (Wildman–Crippen MR) is 121 cm³/mol. The number of halogens is 2. The van der Waals surface area contributed by atoms with Crippen molar-refractivity contribution in [1.82, 2.24) is 14.4 Å². The Labute approximate surface area is 189 Å². The Hall–Kier alpha value is -1.51. The first kappa shape index (κ1) is 20.4. The lowest BCUT2D eigenvalue weighted by Crippen LogP contribution is -2.50. The van der Waals surface area contributed by atoms with Gasteiger partial charge in [0.05, 0.1) is 35.1 Å². The van der Waals surface area contributed by atoms with Crippen LogP contribution in [0.3, 0.4) is 0 Å². The first-order chi connectivity index (χ1) is 14.5. The van der Waals surface area contributed by atoms with E-state index in [0.717, 1.165) is 53.8 Å². The monoisotopic (exact) mass is 463 g/mol. The van der Waals surface area contributed by atoms with Gasteiger partial charge in [-0.25, -0.2) is 9.97 Å². The fourth-order valence-electron chi connectivity index (χ4n) is 4.51. The molecule has 3 aromatic rings. The van der Waals surface area contributed by atoms with Crippen LogP contribution in [0.4, 0.5) is 5.82 Å². The Morgan fingerprint density at radius 2 is 2.03 bits per heavy atom. The molecule has 2 atom stereocenters. The molecule has 4 heterocycles. The molecule has 2 aliphatic heterocycles. The van der Waals surface area contributed by atoms with Gasteiger partial charge in [0, 0.05) is 29.4 Å². The molecular formula is C21H23Cl2N5OS. The summed E-state index contributed by atoms with van der Waals surface area (Å²) in [4.78, 5) is 12.4. The van der Waals surface area contributed by atoms with Crippen LogP contribution in [0.5, 0.6) is 0 Å². The second-order valence-electron chi connectivity index (χ2n) is 8.11. The van der Waals surface area contributed by atoms with Crippen LogP contribution in [0.15, 0.2) is 46.8 Å². The van der Waals surface area contributed by atoms with Gasteiger partial charge >= 0.3 is 0 Å². The Bertz CT molecular complexity index is 1080. The Balaban J connectivity index is 1.40. The topological polar surface area (TPSA) is 68.7 Å². The number of imidazole rings is 1. The van der Waals surface area contributed by atoms with Gasteiger partial charge in [0.1, 0.15) is 16.9 Å². The lowest BCUT2D eigenvalue weighted by molar-refractivity contribution is 0.0974. The molecule has 158 valence electrons. The van der Waals surface area contributed by atoms with E-state index in [2.05, 4.69) is 21.2 Å². The van der Waals surface area contributed by atoms with Crippen LogP contribution < -0.4 is 10.6 Å². The molecule has 6 nitrogen and oxygen atoms in total. The van der Waals surface area contributed by atoms with Crippen molar-refractivity contribution in [3.8, 4) is 0 Å². The molecule has 0 aliphatic carbocycles. The van der Waals surface area contributed by atoms with Gasteiger partial charge in [-0.3, -0.25) is 4.40 Å². The molecule has 30 heavy (non-hydrogen) atoms. The van der Waals surface area contributed by atoms with Crippen LogP contribution in [0.25, 0.3) is 5.52 Å². The fraction of sp³-hybridized carbons (Fsp3) is 0.429. The van der Waals surface area contributed by atoms with Crippen molar-refractivity contribution in [3.63, 3.8) is 0 Å². The average molecular weight is 464 g/mol. The van der Waals surface area contributed by atoms with Crippen molar-refractivity contribution in [2.45, 2.75) is 41.8 Å². The third-order valence-corrected chi connectivity index (χ3v) is 8.44. The van der Waals surface area contributed by atoms with Crippen molar-refractivity contribution in [2.24, 2.45) is 11.1 Å². The Kier molecular flexibility index (Phi) is 5.35. The highest BCUT2D eigenvalue weighted by molar-refractivity contribution is 7.99. The number of piperidine rings is 1. The number of nitrogens with zero attached hydrogens (tertiary/aromatic N) is 4. The van der Waals surface area contributed by atoms with Gasteiger partial charge in [-0.15, -0.1) is 0 Å². The van der Waals surface area contributed by atoms with Gasteiger partial charge in [0.15, 0.2) is 5.82 Å². The number of nitrogens with two attached hydrogens (primary N) is 1. The highest BCUT2D eigenvalue weighted by Crippen LogP contribution is 2.43. The number of ether oxygens (including phenoxy) is 1. The molecule has 0 bridgehead atoms. The molecule has 0 radical (unpaired) electrons. The van der Waals surface area contributed by atoms with Crippen LogP contribution in [-0.4, -0.2) is 46.2 Å². The normalized spacial score (nSPS) is 23.5. The maximum absolute atomic E-state index is 6.47. The van der Waals surface area contributed by atoms with E-state index in [1.807, 2.05) is 30.9 Å². The van der Waals surface area contributed by atoms with Gasteiger partial charge in [0.25, 0.3) is 0 Å². The minimum atomic E-state index is 0.0889. The zero-order valence-electron chi connectivity index (χ0n) is 16.6. The molecule has 2 N–H and O–H groups in total. The lowest BCUT2D eigenvalue weighted by atomic mass is 9.73. The average Bonchev–Trinajstić information content (AvgIpc) is 3.35. The summed E-state index contributed by atoms with van der Waals surface area (Å²) in [7, 11) is 0. The van der Waals surface area contributed by atoms with Crippen LogP contribution in [-0.2, 0) is 4.74 Å². The van der Waals surface area contributed by atoms with Crippen LogP contribution in [0.1, 0.15) is 19.8 Å². The van der Waals surface area contributed by atoms with E-state index in [1.165, 1.54) is 11.8 Å². The molecule has 2 aliphatic rings. The van der Waals surface area contributed by atoms with E-state index in [0.29, 0.717) is 10.0 Å². The summed E-state index contributed by atoms with van der Waals surface area (Å²) in [5.74, 6) is 0.949. The molecule has 2 aromatic heterocycles. The van der Waals surface area contributed by atoms with Crippen molar-refractivity contribution in [3.05, 3.63) is 47.0 Å². The third-order valence-electron chi connectivity index (χ3n) is 6.44. The van der Waals surface area contributed by atoms with Gasteiger partial charge in [-0.1, -0.05) is 41.0 Å². The number of anilines is 1. The molecule has 1 spiro atoms. The molecule has 0 saturated carbocycles. The van der Waals surface area contributed by atoms with Crippen molar-refractivity contribution in [1.29, 1.82) is 0 Å². The lowest BCUT2D eigenvalue weighted by Gasteiger charge is -2.41. The quantitative estimate of drug-likeness (QED) is 0.615. The zero-order valence-corrected chi connectivity index (χ0v) is 18.9. The molecule has 1 aromatic carbocycles. The maximum Gasteiger partial charge on any atom is 0.154 e. The third kappa shape index (κ3) is 3.37. The van der Waals surface area contributed by atoms with Gasteiger partial charge in [0.2, 0.25) is 0 Å². The number of benzene rings is 1. The number of rotatable bonds is 3.